The maximum atomic E-state index is 13.4. The molecule has 3 aliphatic rings. The third-order valence-electron chi connectivity index (χ3n) is 7.00. The number of hydrogen-bond donors (Lipinski definition) is 1. The summed E-state index contributed by atoms with van der Waals surface area (Å²) in [6.45, 7) is 4.21. The van der Waals surface area contributed by atoms with Crippen LogP contribution < -0.4 is 9.64 Å². The summed E-state index contributed by atoms with van der Waals surface area (Å²) in [6, 6.07) is 8.10. The lowest BCUT2D eigenvalue weighted by molar-refractivity contribution is -0.142. The molecule has 1 unspecified atom stereocenters. The Bertz CT molecular complexity index is 1200. The van der Waals surface area contributed by atoms with Crippen molar-refractivity contribution in [2.45, 2.75) is 31.8 Å². The number of carbonyl (C=O) groups is 3. The van der Waals surface area contributed by atoms with Gasteiger partial charge < -0.3 is 29.3 Å². The standard InChI is InChI=1S/C26H29N3O6S/c1-3-34-26(33)28-10-8-17(9-11-28)29-22(20-5-4-14-36-20)21(24(31)25(29)32)23(30)16-6-7-19-18(15-16)27(2)12-13-35-19/h4-7,14-15,17,22,30H,3,8-13H2,1-2H3/b23-21-. The van der Waals surface area contributed by atoms with Crippen molar-refractivity contribution in [1.29, 1.82) is 0 Å². The van der Waals surface area contributed by atoms with E-state index in [4.69, 9.17) is 9.47 Å². The first-order valence-electron chi connectivity index (χ1n) is 12.1. The van der Waals surface area contributed by atoms with Crippen LogP contribution in [0.3, 0.4) is 0 Å². The zero-order valence-electron chi connectivity index (χ0n) is 20.3. The monoisotopic (exact) mass is 511 g/mol. The number of ether oxygens (including phenoxy) is 2. The Morgan fingerprint density at radius 3 is 2.67 bits per heavy atom. The molecule has 4 heterocycles. The summed E-state index contributed by atoms with van der Waals surface area (Å²) < 4.78 is 10.8. The number of nitrogens with zero attached hydrogens (tertiary/aromatic N) is 3. The van der Waals surface area contributed by atoms with Crippen molar-refractivity contribution in [3.8, 4) is 5.75 Å². The number of piperidine rings is 1. The second-order valence-electron chi connectivity index (χ2n) is 9.09. The molecule has 1 N–H and O–H groups in total. The van der Waals surface area contributed by atoms with Crippen LogP contribution in [-0.4, -0.2) is 78.6 Å². The highest BCUT2D eigenvalue weighted by Gasteiger charge is 2.49. The number of benzene rings is 1. The summed E-state index contributed by atoms with van der Waals surface area (Å²) in [4.78, 5) is 44.9. The lowest BCUT2D eigenvalue weighted by atomic mass is 9.97. The van der Waals surface area contributed by atoms with E-state index < -0.39 is 17.7 Å². The van der Waals surface area contributed by atoms with Gasteiger partial charge in [-0.2, -0.15) is 0 Å². The maximum absolute atomic E-state index is 13.4. The first kappa shape index (κ1) is 24.2. The Hall–Kier alpha value is -3.53. The summed E-state index contributed by atoms with van der Waals surface area (Å²) in [7, 11) is 1.94. The lowest BCUT2D eigenvalue weighted by Crippen LogP contribution is -2.48. The van der Waals surface area contributed by atoms with E-state index in [9.17, 15) is 19.5 Å². The SMILES string of the molecule is CCOC(=O)N1CCC(N2C(=O)C(=O)/C(=C(\O)c3ccc4c(c3)N(C)CCO4)C2c2cccs2)CC1. The van der Waals surface area contributed by atoms with Crippen LogP contribution >= 0.6 is 11.3 Å². The lowest BCUT2D eigenvalue weighted by Gasteiger charge is -2.38. The highest BCUT2D eigenvalue weighted by molar-refractivity contribution is 7.10. The van der Waals surface area contributed by atoms with Gasteiger partial charge in [-0.05, 0) is 49.4 Å². The molecule has 1 aromatic carbocycles. The van der Waals surface area contributed by atoms with Crippen molar-refractivity contribution in [2.75, 3.05) is 44.8 Å². The minimum Gasteiger partial charge on any atom is -0.507 e. The quantitative estimate of drug-likeness (QED) is 0.380. The fraction of sp³-hybridized carbons (Fsp3) is 0.423. The van der Waals surface area contributed by atoms with E-state index in [2.05, 4.69) is 0 Å². The van der Waals surface area contributed by atoms with Crippen LogP contribution in [0.25, 0.3) is 5.76 Å². The number of rotatable bonds is 4. The number of fused-ring (bicyclic) bond motifs is 1. The van der Waals surface area contributed by atoms with Crippen molar-refractivity contribution in [2.24, 2.45) is 0 Å². The molecule has 1 aromatic heterocycles. The third-order valence-corrected chi connectivity index (χ3v) is 7.93. The zero-order valence-corrected chi connectivity index (χ0v) is 21.1. The van der Waals surface area contributed by atoms with Gasteiger partial charge in [-0.1, -0.05) is 6.07 Å². The predicted molar refractivity (Wildman–Crippen MR) is 135 cm³/mol. The van der Waals surface area contributed by atoms with E-state index in [0.717, 1.165) is 10.6 Å². The summed E-state index contributed by atoms with van der Waals surface area (Å²) in [6.07, 6.45) is 0.679. The van der Waals surface area contributed by atoms with Gasteiger partial charge in [0.15, 0.2) is 0 Å². The number of thiophene rings is 1. The van der Waals surface area contributed by atoms with Crippen LogP contribution in [0.2, 0.25) is 0 Å². The van der Waals surface area contributed by atoms with Crippen molar-refractivity contribution in [3.63, 3.8) is 0 Å². The van der Waals surface area contributed by atoms with Crippen LogP contribution in [0.15, 0.2) is 41.3 Å². The minimum absolute atomic E-state index is 0.0922. The predicted octanol–water partition coefficient (Wildman–Crippen LogP) is 3.62. The van der Waals surface area contributed by atoms with Gasteiger partial charge in [0.25, 0.3) is 11.7 Å². The molecule has 2 fully saturated rings. The number of amides is 2. The van der Waals surface area contributed by atoms with Crippen molar-refractivity contribution >= 4 is 40.6 Å². The molecule has 2 aromatic rings. The van der Waals surface area contributed by atoms with Crippen LogP contribution in [0.4, 0.5) is 10.5 Å². The smallest absolute Gasteiger partial charge is 0.409 e. The molecule has 2 amide bonds. The van der Waals surface area contributed by atoms with Crippen molar-refractivity contribution in [1.82, 2.24) is 9.80 Å². The van der Waals surface area contributed by atoms with Crippen LogP contribution in [0.5, 0.6) is 5.75 Å². The van der Waals surface area contributed by atoms with Crippen LogP contribution in [0.1, 0.15) is 36.2 Å². The number of likely N-dealkylation sites (tertiary alicyclic amines) is 2. The number of likely N-dealkylation sites (N-methyl/N-ethyl adjacent to an activating group) is 1. The summed E-state index contributed by atoms with van der Waals surface area (Å²) in [5, 5.41) is 13.3. The normalized spacial score (nSPS) is 21.9. The highest BCUT2D eigenvalue weighted by atomic mass is 32.1. The minimum atomic E-state index is -0.693. The van der Waals surface area contributed by atoms with E-state index >= 15 is 0 Å². The molecule has 36 heavy (non-hydrogen) atoms. The molecule has 3 aliphatic heterocycles. The highest BCUT2D eigenvalue weighted by Crippen LogP contribution is 2.44. The molecule has 5 rings (SSSR count). The average Bonchev–Trinajstić information content (AvgIpc) is 3.51. The van der Waals surface area contributed by atoms with E-state index in [1.807, 2.05) is 29.5 Å². The van der Waals surface area contributed by atoms with Gasteiger partial charge in [0.05, 0.1) is 30.5 Å². The van der Waals surface area contributed by atoms with E-state index in [1.165, 1.54) is 11.3 Å². The number of ketones is 1. The summed E-state index contributed by atoms with van der Waals surface area (Å²) in [5.41, 5.74) is 1.37. The molecular formula is C26H29N3O6S. The molecular weight excluding hydrogens is 482 g/mol. The molecule has 190 valence electrons. The van der Waals surface area contributed by atoms with E-state index in [-0.39, 0.29) is 23.5 Å². The van der Waals surface area contributed by atoms with Gasteiger partial charge in [-0.3, -0.25) is 9.59 Å². The largest absolute Gasteiger partial charge is 0.507 e. The number of anilines is 1. The van der Waals surface area contributed by atoms with Gasteiger partial charge >= 0.3 is 6.09 Å². The molecule has 9 nitrogen and oxygen atoms in total. The Balaban J connectivity index is 1.50. The number of Topliss-reactive ketones (excluding diaryl/α,β-unsaturated/α-hetero) is 1. The van der Waals surface area contributed by atoms with E-state index in [1.54, 1.807) is 34.9 Å². The Morgan fingerprint density at radius 2 is 1.97 bits per heavy atom. The third kappa shape index (κ3) is 4.19. The van der Waals surface area contributed by atoms with Crippen LogP contribution in [-0.2, 0) is 14.3 Å². The topological polar surface area (TPSA) is 99.6 Å². The molecule has 10 heteroatoms. The molecule has 2 saturated heterocycles. The second-order valence-corrected chi connectivity index (χ2v) is 10.1. The zero-order chi connectivity index (χ0) is 25.4. The average molecular weight is 512 g/mol. The Labute approximate surface area is 213 Å². The molecule has 0 aliphatic carbocycles. The number of carbonyl (C=O) groups excluding carboxylic acids is 3. The van der Waals surface area contributed by atoms with Gasteiger partial charge in [0, 0.05) is 36.6 Å². The Kier molecular flexibility index (Phi) is 6.61. The summed E-state index contributed by atoms with van der Waals surface area (Å²) >= 11 is 1.44. The molecule has 0 bridgehead atoms. The Morgan fingerprint density at radius 1 is 1.19 bits per heavy atom. The van der Waals surface area contributed by atoms with Crippen LogP contribution in [0, 0.1) is 0 Å². The second kappa shape index (κ2) is 9.85. The number of aliphatic hydroxyl groups excluding tert-OH is 1. The summed E-state index contributed by atoms with van der Waals surface area (Å²) in [5.74, 6) is -0.798. The maximum Gasteiger partial charge on any atom is 0.409 e. The molecule has 0 saturated carbocycles. The number of aliphatic hydroxyl groups is 1. The fourth-order valence-corrected chi connectivity index (χ4v) is 5.98. The van der Waals surface area contributed by atoms with Gasteiger partial charge in [-0.25, -0.2) is 4.79 Å². The van der Waals surface area contributed by atoms with Gasteiger partial charge in [-0.15, -0.1) is 11.3 Å². The van der Waals surface area contributed by atoms with Crippen molar-refractivity contribution in [3.05, 3.63) is 51.7 Å². The number of hydrogen-bond acceptors (Lipinski definition) is 8. The molecule has 1 atom stereocenters. The van der Waals surface area contributed by atoms with Gasteiger partial charge in [0.1, 0.15) is 18.1 Å². The molecule has 0 spiro atoms. The first-order valence-corrected chi connectivity index (χ1v) is 13.0. The van der Waals surface area contributed by atoms with Gasteiger partial charge in [0.2, 0.25) is 0 Å². The van der Waals surface area contributed by atoms with E-state index in [0.29, 0.717) is 57.0 Å². The molecule has 0 radical (unpaired) electrons. The first-order chi connectivity index (χ1) is 17.4. The fourth-order valence-electron chi connectivity index (χ4n) is 5.15. The van der Waals surface area contributed by atoms with Crippen molar-refractivity contribution < 1.29 is 29.0 Å².